The van der Waals surface area contributed by atoms with Crippen molar-refractivity contribution in [2.24, 2.45) is 0 Å². The molecular formula is C16H19N3O2. The van der Waals surface area contributed by atoms with Crippen molar-refractivity contribution in [1.82, 2.24) is 15.1 Å². The highest BCUT2D eigenvalue weighted by atomic mass is 16.2. The van der Waals surface area contributed by atoms with Crippen molar-refractivity contribution in [3.05, 3.63) is 47.3 Å². The Morgan fingerprint density at radius 2 is 1.86 bits per heavy atom. The van der Waals surface area contributed by atoms with Gasteiger partial charge in [0.05, 0.1) is 22.6 Å². The molecule has 2 aromatic rings. The summed E-state index contributed by atoms with van der Waals surface area (Å²) in [6.45, 7) is 5.98. The van der Waals surface area contributed by atoms with E-state index in [1.807, 2.05) is 37.3 Å². The summed E-state index contributed by atoms with van der Waals surface area (Å²) < 4.78 is 1.69. The highest BCUT2D eigenvalue weighted by Crippen LogP contribution is 2.18. The van der Waals surface area contributed by atoms with Crippen LogP contribution in [0, 0.1) is 13.8 Å². The average molecular weight is 285 g/mol. The first-order valence-corrected chi connectivity index (χ1v) is 7.00. The largest absolute Gasteiger partial charge is 0.349 e. The molecule has 2 rings (SSSR count). The number of aromatic nitrogens is 2. The third-order valence-electron chi connectivity index (χ3n) is 3.26. The number of carbonyl (C=O) groups is 2. The van der Waals surface area contributed by atoms with E-state index in [-0.39, 0.29) is 0 Å². The van der Waals surface area contributed by atoms with E-state index >= 15 is 0 Å². The lowest BCUT2D eigenvalue weighted by atomic mass is 10.1. The summed E-state index contributed by atoms with van der Waals surface area (Å²) >= 11 is 0. The molecule has 0 bridgehead atoms. The van der Waals surface area contributed by atoms with Crippen LogP contribution in [0.15, 0.2) is 30.3 Å². The third-order valence-corrected chi connectivity index (χ3v) is 3.26. The summed E-state index contributed by atoms with van der Waals surface area (Å²) in [4.78, 5) is 24.1. The van der Waals surface area contributed by atoms with Gasteiger partial charge >= 0.3 is 0 Å². The summed E-state index contributed by atoms with van der Waals surface area (Å²) in [5, 5.41) is 6.99. The van der Waals surface area contributed by atoms with Crippen molar-refractivity contribution in [3.8, 4) is 5.69 Å². The van der Waals surface area contributed by atoms with Crippen LogP contribution >= 0.6 is 0 Å². The van der Waals surface area contributed by atoms with Gasteiger partial charge in [0.25, 0.3) is 11.7 Å². The topological polar surface area (TPSA) is 64.0 Å². The highest BCUT2D eigenvalue weighted by molar-refractivity contribution is 6.43. The van der Waals surface area contributed by atoms with Crippen LogP contribution in [-0.2, 0) is 4.79 Å². The Hall–Kier alpha value is -2.43. The van der Waals surface area contributed by atoms with Crippen LogP contribution < -0.4 is 5.32 Å². The minimum Gasteiger partial charge on any atom is -0.349 e. The summed E-state index contributed by atoms with van der Waals surface area (Å²) in [5.41, 5.74) is 2.49. The smallest absolute Gasteiger partial charge is 0.292 e. The molecule has 0 aliphatic heterocycles. The van der Waals surface area contributed by atoms with Gasteiger partial charge in [-0.3, -0.25) is 9.59 Å². The molecule has 0 aliphatic carbocycles. The Bertz CT molecular complexity index is 660. The monoisotopic (exact) mass is 285 g/mol. The van der Waals surface area contributed by atoms with Crippen molar-refractivity contribution in [3.63, 3.8) is 0 Å². The second-order valence-electron chi connectivity index (χ2n) is 4.88. The predicted molar refractivity (Wildman–Crippen MR) is 80.7 cm³/mol. The van der Waals surface area contributed by atoms with Crippen LogP contribution in [0.2, 0.25) is 0 Å². The van der Waals surface area contributed by atoms with Gasteiger partial charge in [0, 0.05) is 6.54 Å². The van der Waals surface area contributed by atoms with E-state index in [9.17, 15) is 9.59 Å². The van der Waals surface area contributed by atoms with E-state index in [4.69, 9.17) is 0 Å². The molecule has 1 N–H and O–H groups in total. The number of ketones is 1. The number of Topliss-reactive ketones (excluding diaryl/α,β-unsaturated/α-hetero) is 1. The van der Waals surface area contributed by atoms with Gasteiger partial charge in [-0.05, 0) is 32.4 Å². The maximum absolute atomic E-state index is 12.3. The second kappa shape index (κ2) is 6.35. The molecule has 1 heterocycles. The van der Waals surface area contributed by atoms with Gasteiger partial charge in [-0.15, -0.1) is 0 Å². The molecule has 110 valence electrons. The zero-order valence-electron chi connectivity index (χ0n) is 12.5. The van der Waals surface area contributed by atoms with Gasteiger partial charge in [-0.2, -0.15) is 5.10 Å². The number of nitrogens with zero attached hydrogens (tertiary/aromatic N) is 2. The van der Waals surface area contributed by atoms with Crippen LogP contribution in [0.1, 0.15) is 35.1 Å². The van der Waals surface area contributed by atoms with Crippen LogP contribution in [0.5, 0.6) is 0 Å². The lowest BCUT2D eigenvalue weighted by Gasteiger charge is -2.05. The fraction of sp³-hybridized carbons (Fsp3) is 0.312. The first-order chi connectivity index (χ1) is 10.1. The number of amides is 1. The Morgan fingerprint density at radius 3 is 2.48 bits per heavy atom. The van der Waals surface area contributed by atoms with Crippen molar-refractivity contribution in [2.75, 3.05) is 6.54 Å². The Kier molecular flexibility index (Phi) is 4.52. The summed E-state index contributed by atoms with van der Waals surface area (Å²) in [6.07, 6.45) is 0.792. The number of benzene rings is 1. The quantitative estimate of drug-likeness (QED) is 0.676. The standard InChI is InChI=1S/C16H19N3O2/c1-4-10-17-16(21)15(20)14-11(2)18-19(12(14)3)13-8-6-5-7-9-13/h5-9H,4,10H2,1-3H3,(H,17,21). The zero-order chi connectivity index (χ0) is 15.4. The number of hydrogen-bond donors (Lipinski definition) is 1. The number of rotatable bonds is 5. The first-order valence-electron chi connectivity index (χ1n) is 7.00. The van der Waals surface area contributed by atoms with Gasteiger partial charge < -0.3 is 5.32 Å². The number of nitrogens with one attached hydrogen (secondary N) is 1. The van der Waals surface area contributed by atoms with Gasteiger partial charge in [0.2, 0.25) is 0 Å². The van der Waals surface area contributed by atoms with Crippen LogP contribution in [0.4, 0.5) is 0 Å². The van der Waals surface area contributed by atoms with E-state index in [0.717, 1.165) is 12.1 Å². The molecule has 0 fully saturated rings. The lowest BCUT2D eigenvalue weighted by molar-refractivity contribution is -0.117. The SMILES string of the molecule is CCCNC(=O)C(=O)c1c(C)nn(-c2ccccc2)c1C. The summed E-state index contributed by atoms with van der Waals surface area (Å²) in [5.74, 6) is -1.10. The molecule has 1 amide bonds. The van der Waals surface area contributed by atoms with E-state index in [2.05, 4.69) is 10.4 Å². The Balaban J connectivity index is 2.36. The molecule has 0 aliphatic rings. The Morgan fingerprint density at radius 1 is 1.19 bits per heavy atom. The normalized spacial score (nSPS) is 10.4. The molecule has 1 aromatic heterocycles. The summed E-state index contributed by atoms with van der Waals surface area (Å²) in [6, 6.07) is 9.54. The zero-order valence-corrected chi connectivity index (χ0v) is 12.5. The molecule has 1 aromatic carbocycles. The minimum atomic E-state index is -0.573. The fourth-order valence-corrected chi connectivity index (χ4v) is 2.22. The minimum absolute atomic E-state index is 0.382. The average Bonchev–Trinajstić information content (AvgIpc) is 2.80. The predicted octanol–water partition coefficient (Wildman–Crippen LogP) is 2.20. The van der Waals surface area contributed by atoms with E-state index < -0.39 is 11.7 Å². The van der Waals surface area contributed by atoms with Gasteiger partial charge in [-0.1, -0.05) is 25.1 Å². The third kappa shape index (κ3) is 3.02. The maximum atomic E-state index is 12.3. The maximum Gasteiger partial charge on any atom is 0.292 e. The molecule has 0 unspecified atom stereocenters. The number of carbonyl (C=O) groups excluding carboxylic acids is 2. The molecule has 5 nitrogen and oxygen atoms in total. The van der Waals surface area contributed by atoms with E-state index in [1.54, 1.807) is 18.5 Å². The molecule has 5 heteroatoms. The first kappa shape index (κ1) is 15.0. The fourth-order valence-electron chi connectivity index (χ4n) is 2.22. The van der Waals surface area contributed by atoms with Crippen molar-refractivity contribution < 1.29 is 9.59 Å². The second-order valence-corrected chi connectivity index (χ2v) is 4.88. The lowest BCUT2D eigenvalue weighted by Crippen LogP contribution is -2.32. The van der Waals surface area contributed by atoms with Gasteiger partial charge in [-0.25, -0.2) is 4.68 Å². The van der Waals surface area contributed by atoms with Crippen LogP contribution in [-0.4, -0.2) is 28.0 Å². The summed E-state index contributed by atoms with van der Waals surface area (Å²) in [7, 11) is 0. The number of hydrogen-bond acceptors (Lipinski definition) is 3. The molecular weight excluding hydrogens is 266 g/mol. The highest BCUT2D eigenvalue weighted by Gasteiger charge is 2.24. The molecule has 0 atom stereocenters. The molecule has 21 heavy (non-hydrogen) atoms. The van der Waals surface area contributed by atoms with Crippen molar-refractivity contribution in [2.45, 2.75) is 27.2 Å². The number of aryl methyl sites for hydroxylation is 1. The molecule has 0 saturated heterocycles. The van der Waals surface area contributed by atoms with E-state index in [1.165, 1.54) is 0 Å². The van der Waals surface area contributed by atoms with Gasteiger partial charge in [0.15, 0.2) is 0 Å². The van der Waals surface area contributed by atoms with Gasteiger partial charge in [0.1, 0.15) is 0 Å². The van der Waals surface area contributed by atoms with E-state index in [0.29, 0.717) is 23.5 Å². The number of para-hydroxylation sites is 1. The molecule has 0 spiro atoms. The molecule has 0 saturated carbocycles. The van der Waals surface area contributed by atoms with Crippen LogP contribution in [0.25, 0.3) is 5.69 Å². The Labute approximate surface area is 124 Å². The van der Waals surface area contributed by atoms with Crippen molar-refractivity contribution >= 4 is 11.7 Å². The van der Waals surface area contributed by atoms with Crippen molar-refractivity contribution in [1.29, 1.82) is 0 Å². The molecule has 0 radical (unpaired) electrons. The van der Waals surface area contributed by atoms with Crippen LogP contribution in [0.3, 0.4) is 0 Å².